The van der Waals surface area contributed by atoms with Crippen LogP contribution < -0.4 is 10.6 Å². The van der Waals surface area contributed by atoms with Crippen molar-refractivity contribution in [3.63, 3.8) is 0 Å². The van der Waals surface area contributed by atoms with Crippen molar-refractivity contribution >= 4 is 38.3 Å². The molecule has 0 saturated carbocycles. The Morgan fingerprint density at radius 1 is 1.00 bits per heavy atom. The van der Waals surface area contributed by atoms with Gasteiger partial charge in [0, 0.05) is 17.8 Å². The molecule has 5 nitrogen and oxygen atoms in total. The lowest BCUT2D eigenvalue weighted by atomic mass is 10.1. The molecule has 4 rings (SSSR count). The highest BCUT2D eigenvalue weighted by atomic mass is 32.1. The summed E-state index contributed by atoms with van der Waals surface area (Å²) < 4.78 is 0.963. The van der Waals surface area contributed by atoms with Crippen LogP contribution in [0.5, 0.6) is 5.75 Å². The average Bonchev–Trinajstić information content (AvgIpc) is 3.11. The van der Waals surface area contributed by atoms with Gasteiger partial charge in [0.2, 0.25) is 0 Å². The molecular formula is C22H19N3O2S. The van der Waals surface area contributed by atoms with Crippen molar-refractivity contribution in [2.45, 2.75) is 6.42 Å². The van der Waals surface area contributed by atoms with Crippen molar-refractivity contribution in [2.75, 3.05) is 11.9 Å². The van der Waals surface area contributed by atoms with E-state index in [0.717, 1.165) is 26.6 Å². The number of aromatic nitrogens is 1. The van der Waals surface area contributed by atoms with E-state index in [0.29, 0.717) is 18.5 Å². The van der Waals surface area contributed by atoms with Gasteiger partial charge in [0.25, 0.3) is 5.91 Å². The van der Waals surface area contributed by atoms with Crippen molar-refractivity contribution in [3.8, 4) is 5.75 Å². The monoisotopic (exact) mass is 389 g/mol. The van der Waals surface area contributed by atoms with E-state index in [1.54, 1.807) is 18.2 Å². The Labute approximate surface area is 166 Å². The smallest absolute Gasteiger partial charge is 0.251 e. The largest absolute Gasteiger partial charge is 0.508 e. The molecule has 0 unspecified atom stereocenters. The molecule has 3 aromatic carbocycles. The molecule has 0 fully saturated rings. The molecule has 28 heavy (non-hydrogen) atoms. The number of phenols is 1. The molecule has 1 amide bonds. The quantitative estimate of drug-likeness (QED) is 0.446. The number of hydrogen-bond acceptors (Lipinski definition) is 5. The Morgan fingerprint density at radius 3 is 2.57 bits per heavy atom. The number of amides is 1. The molecule has 0 spiro atoms. The molecular weight excluding hydrogens is 370 g/mol. The maximum atomic E-state index is 12.4. The third kappa shape index (κ3) is 4.29. The van der Waals surface area contributed by atoms with E-state index in [9.17, 15) is 9.90 Å². The molecule has 0 aliphatic rings. The van der Waals surface area contributed by atoms with E-state index in [1.807, 2.05) is 54.6 Å². The van der Waals surface area contributed by atoms with Gasteiger partial charge in [0.1, 0.15) is 5.75 Å². The zero-order chi connectivity index (χ0) is 19.3. The Hall–Kier alpha value is -3.38. The fourth-order valence-corrected chi connectivity index (χ4v) is 3.77. The maximum absolute atomic E-state index is 12.4. The average molecular weight is 389 g/mol. The minimum Gasteiger partial charge on any atom is -0.508 e. The second kappa shape index (κ2) is 8.10. The van der Waals surface area contributed by atoms with E-state index < -0.39 is 0 Å². The standard InChI is InChI=1S/C22H19N3O2S/c26-18-9-6-15(7-10-18)12-13-23-21(27)16-8-11-19-20(14-16)28-22(25-19)24-17-4-2-1-3-5-17/h1-11,14,26H,12-13H2,(H,23,27)(H,24,25). The van der Waals surface area contributed by atoms with E-state index in [-0.39, 0.29) is 11.7 Å². The number of hydrogen-bond donors (Lipinski definition) is 3. The van der Waals surface area contributed by atoms with Crippen LogP contribution in [-0.2, 0) is 6.42 Å². The predicted octanol–water partition coefficient (Wildman–Crippen LogP) is 4.72. The summed E-state index contributed by atoms with van der Waals surface area (Å²) in [5.74, 6) is 0.137. The van der Waals surface area contributed by atoms with E-state index in [1.165, 1.54) is 11.3 Å². The first kappa shape index (κ1) is 18.0. The zero-order valence-corrected chi connectivity index (χ0v) is 15.9. The summed E-state index contributed by atoms with van der Waals surface area (Å²) in [7, 11) is 0. The second-order valence-corrected chi connectivity index (χ2v) is 7.40. The maximum Gasteiger partial charge on any atom is 0.251 e. The number of rotatable bonds is 6. The number of aromatic hydroxyl groups is 1. The van der Waals surface area contributed by atoms with Gasteiger partial charge < -0.3 is 15.7 Å². The molecule has 1 heterocycles. The van der Waals surface area contributed by atoms with Crippen LogP contribution in [0.15, 0.2) is 72.8 Å². The van der Waals surface area contributed by atoms with Crippen molar-refractivity contribution in [1.29, 1.82) is 0 Å². The molecule has 0 bridgehead atoms. The van der Waals surface area contributed by atoms with Crippen molar-refractivity contribution in [3.05, 3.63) is 83.9 Å². The van der Waals surface area contributed by atoms with E-state index >= 15 is 0 Å². The number of carbonyl (C=O) groups excluding carboxylic acids is 1. The van der Waals surface area contributed by atoms with Crippen molar-refractivity contribution in [2.24, 2.45) is 0 Å². The molecule has 3 N–H and O–H groups in total. The summed E-state index contributed by atoms with van der Waals surface area (Å²) in [5.41, 5.74) is 3.53. The molecule has 0 radical (unpaired) electrons. The number of phenolic OH excluding ortho intramolecular Hbond substituents is 1. The van der Waals surface area contributed by atoms with Gasteiger partial charge >= 0.3 is 0 Å². The first-order valence-electron chi connectivity index (χ1n) is 8.96. The van der Waals surface area contributed by atoms with Gasteiger partial charge in [-0.3, -0.25) is 4.79 Å². The zero-order valence-electron chi connectivity index (χ0n) is 15.1. The first-order chi connectivity index (χ1) is 13.7. The number of anilines is 2. The molecule has 0 atom stereocenters. The second-order valence-electron chi connectivity index (χ2n) is 6.36. The number of fused-ring (bicyclic) bond motifs is 1. The van der Waals surface area contributed by atoms with Crippen LogP contribution in [0.3, 0.4) is 0 Å². The Bertz CT molecular complexity index is 1090. The van der Waals surface area contributed by atoms with Gasteiger partial charge in [-0.1, -0.05) is 41.7 Å². The summed E-state index contributed by atoms with van der Waals surface area (Å²) in [5, 5.41) is 16.3. The highest BCUT2D eigenvalue weighted by molar-refractivity contribution is 7.22. The Balaban J connectivity index is 1.40. The molecule has 0 aliphatic heterocycles. The fraction of sp³-hybridized carbons (Fsp3) is 0.0909. The Morgan fingerprint density at radius 2 is 1.79 bits per heavy atom. The van der Waals surface area contributed by atoms with Gasteiger partial charge in [-0.2, -0.15) is 0 Å². The van der Waals surface area contributed by atoms with E-state index in [4.69, 9.17) is 0 Å². The van der Waals surface area contributed by atoms with Crippen LogP contribution in [0.4, 0.5) is 10.8 Å². The SMILES string of the molecule is O=C(NCCc1ccc(O)cc1)c1ccc2nc(Nc3ccccc3)sc2c1. The number of para-hydroxylation sites is 1. The Kier molecular flexibility index (Phi) is 5.21. The lowest BCUT2D eigenvalue weighted by molar-refractivity contribution is 0.0954. The van der Waals surface area contributed by atoms with Gasteiger partial charge in [-0.15, -0.1) is 0 Å². The highest BCUT2D eigenvalue weighted by Crippen LogP contribution is 2.29. The fourth-order valence-electron chi connectivity index (χ4n) is 2.85. The molecule has 0 aliphatic carbocycles. The van der Waals surface area contributed by atoms with E-state index in [2.05, 4.69) is 15.6 Å². The van der Waals surface area contributed by atoms with Crippen LogP contribution in [0.1, 0.15) is 15.9 Å². The normalized spacial score (nSPS) is 10.7. The lowest BCUT2D eigenvalue weighted by Gasteiger charge is -2.05. The summed E-state index contributed by atoms with van der Waals surface area (Å²) in [6.07, 6.45) is 0.708. The van der Waals surface area contributed by atoms with Crippen LogP contribution in [0.25, 0.3) is 10.2 Å². The first-order valence-corrected chi connectivity index (χ1v) is 9.78. The molecule has 1 aromatic heterocycles. The number of thiazole rings is 1. The van der Waals surface area contributed by atoms with Crippen LogP contribution >= 0.6 is 11.3 Å². The predicted molar refractivity (Wildman–Crippen MR) is 113 cm³/mol. The summed E-state index contributed by atoms with van der Waals surface area (Å²) in [4.78, 5) is 17.0. The number of carbonyl (C=O) groups is 1. The van der Waals surface area contributed by atoms with Gasteiger partial charge in [0.05, 0.1) is 10.2 Å². The van der Waals surface area contributed by atoms with Gasteiger partial charge in [-0.25, -0.2) is 4.98 Å². The molecule has 6 heteroatoms. The van der Waals surface area contributed by atoms with Crippen LogP contribution in [0, 0.1) is 0 Å². The summed E-state index contributed by atoms with van der Waals surface area (Å²) in [6.45, 7) is 0.533. The minimum atomic E-state index is -0.105. The van der Waals surface area contributed by atoms with Crippen molar-refractivity contribution in [1.82, 2.24) is 10.3 Å². The molecule has 0 saturated heterocycles. The topological polar surface area (TPSA) is 74.2 Å². The van der Waals surface area contributed by atoms with Crippen LogP contribution in [0.2, 0.25) is 0 Å². The minimum absolute atomic E-state index is 0.105. The number of nitrogens with one attached hydrogen (secondary N) is 2. The molecule has 140 valence electrons. The third-order valence-corrected chi connectivity index (χ3v) is 5.24. The lowest BCUT2D eigenvalue weighted by Crippen LogP contribution is -2.25. The van der Waals surface area contributed by atoms with Crippen LogP contribution in [-0.4, -0.2) is 22.5 Å². The highest BCUT2D eigenvalue weighted by Gasteiger charge is 2.10. The van der Waals surface area contributed by atoms with Crippen molar-refractivity contribution < 1.29 is 9.90 Å². The van der Waals surface area contributed by atoms with Gasteiger partial charge in [-0.05, 0) is 54.4 Å². The molecule has 4 aromatic rings. The van der Waals surface area contributed by atoms with Gasteiger partial charge in [0.15, 0.2) is 5.13 Å². The summed E-state index contributed by atoms with van der Waals surface area (Å²) in [6, 6.07) is 22.4. The number of benzene rings is 3. The third-order valence-electron chi connectivity index (χ3n) is 4.31. The number of nitrogens with zero attached hydrogens (tertiary/aromatic N) is 1. The summed E-state index contributed by atoms with van der Waals surface area (Å²) >= 11 is 1.52.